The van der Waals surface area contributed by atoms with E-state index in [9.17, 15) is 4.79 Å². The molecule has 2 aromatic rings. The largest absolute Gasteiger partial charge is 0.478 e. The van der Waals surface area contributed by atoms with Gasteiger partial charge in [0.2, 0.25) is 0 Å². The van der Waals surface area contributed by atoms with E-state index in [0.29, 0.717) is 17.3 Å². The number of rotatable bonds is 4. The second-order valence-electron chi connectivity index (χ2n) is 3.95. The summed E-state index contributed by atoms with van der Waals surface area (Å²) in [5.74, 6) is -0.796. The lowest BCUT2D eigenvalue weighted by Crippen LogP contribution is -2.09. The summed E-state index contributed by atoms with van der Waals surface area (Å²) in [5, 5.41) is 12.7. The molecule has 0 bridgehead atoms. The maximum atomic E-state index is 11.1. The first-order valence-corrected chi connectivity index (χ1v) is 5.91. The van der Waals surface area contributed by atoms with E-state index in [0.717, 1.165) is 5.56 Å². The van der Waals surface area contributed by atoms with Gasteiger partial charge in [0.1, 0.15) is 11.4 Å². The molecule has 4 N–H and O–H groups in total. The maximum absolute atomic E-state index is 11.1. The first-order valence-electron chi connectivity index (χ1n) is 5.53. The number of carboxylic acid groups (broad SMARTS) is 1. The second kappa shape index (κ2) is 5.58. The van der Waals surface area contributed by atoms with Crippen LogP contribution in [0.5, 0.6) is 0 Å². The van der Waals surface area contributed by atoms with Crippen LogP contribution in [0.25, 0.3) is 0 Å². The molecule has 1 aromatic carbocycles. The summed E-state index contributed by atoms with van der Waals surface area (Å²) in [7, 11) is 0. The minimum Gasteiger partial charge on any atom is -0.478 e. The number of aromatic nitrogens is 1. The summed E-state index contributed by atoms with van der Waals surface area (Å²) in [6.45, 7) is 0.428. The molecule has 0 unspecified atom stereocenters. The van der Waals surface area contributed by atoms with Crippen LogP contribution in [0, 0.1) is 0 Å². The number of pyridine rings is 1. The van der Waals surface area contributed by atoms with Crippen molar-refractivity contribution in [3.8, 4) is 0 Å². The van der Waals surface area contributed by atoms with Crippen LogP contribution in [0.2, 0.25) is 5.02 Å². The third kappa shape index (κ3) is 3.35. The Hall–Kier alpha value is -2.27. The average Bonchev–Trinajstić information content (AvgIpc) is 2.37. The van der Waals surface area contributed by atoms with Crippen LogP contribution < -0.4 is 11.1 Å². The van der Waals surface area contributed by atoms with Gasteiger partial charge in [0, 0.05) is 11.6 Å². The van der Waals surface area contributed by atoms with Gasteiger partial charge in [-0.3, -0.25) is 0 Å². The Morgan fingerprint density at radius 2 is 2.21 bits per heavy atom. The number of nitrogens with one attached hydrogen (secondary N) is 1. The van der Waals surface area contributed by atoms with Gasteiger partial charge in [-0.2, -0.15) is 0 Å². The Kier molecular flexibility index (Phi) is 3.87. The Balaban J connectivity index is 2.17. The summed E-state index contributed by atoms with van der Waals surface area (Å²) in [4.78, 5) is 15.1. The molecule has 0 aliphatic rings. The SMILES string of the molecule is Nc1cnc(NCc2cccc(Cl)c2)c(C(=O)O)c1. The number of benzene rings is 1. The predicted molar refractivity (Wildman–Crippen MR) is 74.4 cm³/mol. The Morgan fingerprint density at radius 1 is 1.42 bits per heavy atom. The first kappa shape index (κ1) is 13.2. The molecule has 98 valence electrons. The normalized spacial score (nSPS) is 10.2. The van der Waals surface area contributed by atoms with Crippen LogP contribution in [-0.2, 0) is 6.54 Å². The Bertz CT molecular complexity index is 617. The van der Waals surface area contributed by atoms with Crippen LogP contribution in [-0.4, -0.2) is 16.1 Å². The molecule has 0 saturated carbocycles. The molecule has 1 aromatic heterocycles. The lowest BCUT2D eigenvalue weighted by Gasteiger charge is -2.09. The number of halogens is 1. The van der Waals surface area contributed by atoms with Crippen molar-refractivity contribution in [2.75, 3.05) is 11.1 Å². The highest BCUT2D eigenvalue weighted by atomic mass is 35.5. The topological polar surface area (TPSA) is 88.2 Å². The van der Waals surface area contributed by atoms with Crippen molar-refractivity contribution in [1.29, 1.82) is 0 Å². The average molecular weight is 278 g/mol. The van der Waals surface area contributed by atoms with Crippen molar-refractivity contribution in [2.45, 2.75) is 6.54 Å². The molecule has 1 heterocycles. The lowest BCUT2D eigenvalue weighted by molar-refractivity contribution is 0.0697. The highest BCUT2D eigenvalue weighted by molar-refractivity contribution is 6.30. The molecular weight excluding hydrogens is 266 g/mol. The number of anilines is 2. The van der Waals surface area contributed by atoms with E-state index in [-0.39, 0.29) is 11.4 Å². The number of hydrogen-bond donors (Lipinski definition) is 3. The quantitative estimate of drug-likeness (QED) is 0.799. The smallest absolute Gasteiger partial charge is 0.339 e. The van der Waals surface area contributed by atoms with E-state index in [4.69, 9.17) is 22.4 Å². The number of nitrogens with zero attached hydrogens (tertiary/aromatic N) is 1. The summed E-state index contributed by atoms with van der Waals surface area (Å²) in [6.07, 6.45) is 1.41. The molecule has 5 nitrogen and oxygen atoms in total. The molecule has 0 amide bonds. The van der Waals surface area contributed by atoms with E-state index in [1.54, 1.807) is 12.1 Å². The van der Waals surface area contributed by atoms with Gasteiger partial charge in [0.05, 0.1) is 11.9 Å². The highest BCUT2D eigenvalue weighted by Gasteiger charge is 2.11. The molecule has 0 aliphatic carbocycles. The minimum atomic E-state index is -1.08. The molecule has 19 heavy (non-hydrogen) atoms. The third-order valence-electron chi connectivity index (χ3n) is 2.49. The van der Waals surface area contributed by atoms with Gasteiger partial charge in [0.25, 0.3) is 0 Å². The lowest BCUT2D eigenvalue weighted by atomic mass is 10.2. The van der Waals surface area contributed by atoms with E-state index < -0.39 is 5.97 Å². The number of nitrogens with two attached hydrogens (primary N) is 1. The molecule has 0 fully saturated rings. The molecule has 0 atom stereocenters. The monoisotopic (exact) mass is 277 g/mol. The summed E-state index contributed by atoms with van der Waals surface area (Å²) < 4.78 is 0. The zero-order chi connectivity index (χ0) is 13.8. The first-order chi connectivity index (χ1) is 9.06. The van der Waals surface area contributed by atoms with Gasteiger partial charge in [-0.15, -0.1) is 0 Å². The van der Waals surface area contributed by atoms with Crippen molar-refractivity contribution < 1.29 is 9.90 Å². The molecular formula is C13H12ClN3O2. The van der Waals surface area contributed by atoms with Crippen LogP contribution >= 0.6 is 11.6 Å². The number of carbonyl (C=O) groups is 1. The number of nitrogen functional groups attached to an aromatic ring is 1. The van der Waals surface area contributed by atoms with Crippen LogP contribution in [0.15, 0.2) is 36.5 Å². The van der Waals surface area contributed by atoms with Crippen molar-refractivity contribution in [2.24, 2.45) is 0 Å². The van der Waals surface area contributed by atoms with Gasteiger partial charge in [0.15, 0.2) is 0 Å². The zero-order valence-corrected chi connectivity index (χ0v) is 10.7. The van der Waals surface area contributed by atoms with Crippen LogP contribution in [0.3, 0.4) is 0 Å². The third-order valence-corrected chi connectivity index (χ3v) is 2.72. The van der Waals surface area contributed by atoms with Gasteiger partial charge in [-0.1, -0.05) is 23.7 Å². The minimum absolute atomic E-state index is 0.0435. The predicted octanol–water partition coefficient (Wildman–Crippen LogP) is 2.63. The molecule has 0 radical (unpaired) electrons. The fraction of sp³-hybridized carbons (Fsp3) is 0.0769. The fourth-order valence-electron chi connectivity index (χ4n) is 1.62. The number of carboxylic acids is 1. The standard InChI is InChI=1S/C13H12ClN3O2/c14-9-3-1-2-8(4-9)6-16-12-11(13(18)19)5-10(15)7-17-12/h1-5,7H,6,15H2,(H,16,17)(H,18,19). The molecule has 6 heteroatoms. The zero-order valence-electron chi connectivity index (χ0n) is 9.93. The van der Waals surface area contributed by atoms with E-state index in [2.05, 4.69) is 10.3 Å². The fourth-order valence-corrected chi connectivity index (χ4v) is 1.83. The summed E-state index contributed by atoms with van der Waals surface area (Å²) in [6, 6.07) is 8.65. The summed E-state index contributed by atoms with van der Waals surface area (Å²) >= 11 is 5.88. The molecule has 2 rings (SSSR count). The summed E-state index contributed by atoms with van der Waals surface area (Å²) in [5.41, 5.74) is 6.81. The van der Waals surface area contributed by atoms with Gasteiger partial charge < -0.3 is 16.2 Å². The van der Waals surface area contributed by atoms with Gasteiger partial charge in [-0.05, 0) is 23.8 Å². The van der Waals surface area contributed by atoms with Gasteiger partial charge in [-0.25, -0.2) is 9.78 Å². The Morgan fingerprint density at radius 3 is 2.89 bits per heavy atom. The van der Waals surface area contributed by atoms with Crippen LogP contribution in [0.4, 0.5) is 11.5 Å². The Labute approximate surface area is 115 Å². The maximum Gasteiger partial charge on any atom is 0.339 e. The van der Waals surface area contributed by atoms with Gasteiger partial charge >= 0.3 is 5.97 Å². The highest BCUT2D eigenvalue weighted by Crippen LogP contribution is 2.17. The molecule has 0 saturated heterocycles. The number of hydrogen-bond acceptors (Lipinski definition) is 4. The van der Waals surface area contributed by atoms with Crippen molar-refractivity contribution in [3.63, 3.8) is 0 Å². The van der Waals surface area contributed by atoms with E-state index >= 15 is 0 Å². The second-order valence-corrected chi connectivity index (χ2v) is 4.39. The van der Waals surface area contributed by atoms with Crippen molar-refractivity contribution >= 4 is 29.1 Å². The van der Waals surface area contributed by atoms with Crippen molar-refractivity contribution in [3.05, 3.63) is 52.7 Å². The molecule has 0 aliphatic heterocycles. The van der Waals surface area contributed by atoms with E-state index in [1.165, 1.54) is 12.3 Å². The van der Waals surface area contributed by atoms with Crippen molar-refractivity contribution in [1.82, 2.24) is 4.98 Å². The van der Waals surface area contributed by atoms with E-state index in [1.807, 2.05) is 12.1 Å². The number of aromatic carboxylic acids is 1. The molecule has 0 spiro atoms. The van der Waals surface area contributed by atoms with Crippen LogP contribution in [0.1, 0.15) is 15.9 Å².